The highest BCUT2D eigenvalue weighted by Crippen LogP contribution is 2.43. The first kappa shape index (κ1) is 32.7. The van der Waals surface area contributed by atoms with Crippen LogP contribution >= 0.6 is 11.3 Å². The van der Waals surface area contributed by atoms with E-state index < -0.39 is 0 Å². The summed E-state index contributed by atoms with van der Waals surface area (Å²) >= 11 is 1.71. The molecule has 0 spiro atoms. The molecule has 5 nitrogen and oxygen atoms in total. The van der Waals surface area contributed by atoms with E-state index in [2.05, 4.69) is 152 Å². The number of furan rings is 1. The maximum absolute atomic E-state index is 6.61. The average Bonchev–Trinajstić information content (AvgIpc) is 3.88. The van der Waals surface area contributed by atoms with E-state index in [0.29, 0.717) is 17.5 Å². The number of fused-ring (bicyclic) bond motifs is 7. The van der Waals surface area contributed by atoms with Gasteiger partial charge in [-0.05, 0) is 79.8 Å². The lowest BCUT2D eigenvalue weighted by Gasteiger charge is -2.13. The number of rotatable bonds is 5. The molecule has 3 heterocycles. The van der Waals surface area contributed by atoms with Gasteiger partial charge >= 0.3 is 0 Å². The minimum Gasteiger partial charge on any atom is -0.456 e. The molecule has 0 aliphatic rings. The molecule has 0 N–H and O–H groups in total. The quantitative estimate of drug-likeness (QED) is 0.175. The van der Waals surface area contributed by atoms with E-state index in [1.54, 1.807) is 11.3 Å². The Kier molecular flexibility index (Phi) is 7.33. The minimum atomic E-state index is 0.612. The Morgan fingerprint density at radius 2 is 0.983 bits per heavy atom. The van der Waals surface area contributed by atoms with Crippen molar-refractivity contribution >= 4 is 75.8 Å². The molecule has 0 saturated heterocycles. The van der Waals surface area contributed by atoms with Crippen LogP contribution in [0.3, 0.4) is 0 Å². The molecule has 0 bridgehead atoms. The first-order chi connectivity index (χ1) is 28.7. The van der Waals surface area contributed by atoms with Gasteiger partial charge in [0, 0.05) is 39.1 Å². The van der Waals surface area contributed by atoms with Crippen molar-refractivity contribution in [1.82, 2.24) is 19.9 Å². The summed E-state index contributed by atoms with van der Waals surface area (Å²) in [5, 5.41) is 10.1. The van der Waals surface area contributed by atoms with Crippen LogP contribution in [0.4, 0.5) is 0 Å². The van der Waals surface area contributed by atoms with Crippen molar-refractivity contribution in [2.75, 3.05) is 0 Å². The van der Waals surface area contributed by atoms with Crippen molar-refractivity contribution in [3.05, 3.63) is 182 Å². The average molecular weight is 759 g/mol. The largest absolute Gasteiger partial charge is 0.456 e. The third kappa shape index (κ3) is 5.45. The summed E-state index contributed by atoms with van der Waals surface area (Å²) in [6.07, 6.45) is 0. The number of aromatic nitrogens is 4. The monoisotopic (exact) mass is 758 g/mol. The number of hydrogen-bond donors (Lipinski definition) is 0. The third-order valence-electron chi connectivity index (χ3n) is 11.1. The molecule has 0 saturated carbocycles. The molecule has 0 unspecified atom stereocenters. The van der Waals surface area contributed by atoms with Crippen molar-refractivity contribution in [2.24, 2.45) is 0 Å². The molecule has 0 aliphatic carbocycles. The second kappa shape index (κ2) is 13.0. The normalized spacial score (nSPS) is 11.8. The summed E-state index contributed by atoms with van der Waals surface area (Å²) in [5.74, 6) is 1.87. The van der Waals surface area contributed by atoms with Crippen LogP contribution in [0.1, 0.15) is 0 Å². The summed E-state index contributed by atoms with van der Waals surface area (Å²) in [6.45, 7) is 0. The van der Waals surface area contributed by atoms with Crippen molar-refractivity contribution in [1.29, 1.82) is 0 Å². The van der Waals surface area contributed by atoms with E-state index in [0.717, 1.165) is 86.7 Å². The fourth-order valence-electron chi connectivity index (χ4n) is 8.26. The molecular weight excluding hydrogens is 729 g/mol. The van der Waals surface area contributed by atoms with Crippen molar-refractivity contribution < 1.29 is 4.42 Å². The second-order valence-corrected chi connectivity index (χ2v) is 15.7. The van der Waals surface area contributed by atoms with E-state index in [4.69, 9.17) is 24.4 Å². The van der Waals surface area contributed by atoms with E-state index in [1.807, 2.05) is 30.3 Å². The molecular formula is C52H30N4OS. The Morgan fingerprint density at radius 1 is 0.362 bits per heavy atom. The highest BCUT2D eigenvalue weighted by Gasteiger charge is 2.20. The molecule has 0 radical (unpaired) electrons. The molecule has 0 atom stereocenters. The van der Waals surface area contributed by atoms with Crippen LogP contribution in [0.2, 0.25) is 0 Å². The third-order valence-corrected chi connectivity index (χ3v) is 12.2. The number of benzene rings is 9. The summed E-state index contributed by atoms with van der Waals surface area (Å²) in [5.41, 5.74) is 8.63. The van der Waals surface area contributed by atoms with Gasteiger partial charge in [-0.3, -0.25) is 0 Å². The standard InChI is InChI=1S/C52H30N4OS/c1-2-13-33(14-3-1)49-54-50(37-23-21-31-11-4-6-15-34(31)25-37)56-51(55-49)39-27-36-17-8-9-18-40(36)42(28-39)41-19-10-20-45-48(41)43-29-47-44(30-46(43)57-45)53-52(58-47)38-24-22-32-12-5-7-16-35(32)26-38/h1-30H. The lowest BCUT2D eigenvalue weighted by atomic mass is 9.92. The number of hydrogen-bond acceptors (Lipinski definition) is 6. The summed E-state index contributed by atoms with van der Waals surface area (Å²) in [6, 6.07) is 63.5. The Bertz CT molecular complexity index is 3590. The van der Waals surface area contributed by atoms with Gasteiger partial charge in [-0.25, -0.2) is 19.9 Å². The Hall–Kier alpha value is -7.54. The van der Waals surface area contributed by atoms with Gasteiger partial charge in [0.2, 0.25) is 0 Å². The topological polar surface area (TPSA) is 64.7 Å². The summed E-state index contributed by atoms with van der Waals surface area (Å²) in [7, 11) is 0. The molecule has 12 aromatic rings. The zero-order valence-electron chi connectivity index (χ0n) is 30.9. The second-order valence-electron chi connectivity index (χ2n) is 14.7. The lowest BCUT2D eigenvalue weighted by molar-refractivity contribution is 0.669. The van der Waals surface area contributed by atoms with E-state index in [9.17, 15) is 0 Å². The van der Waals surface area contributed by atoms with Crippen LogP contribution in [-0.2, 0) is 0 Å². The summed E-state index contributed by atoms with van der Waals surface area (Å²) < 4.78 is 7.73. The van der Waals surface area contributed by atoms with Crippen molar-refractivity contribution in [3.63, 3.8) is 0 Å². The van der Waals surface area contributed by atoms with Crippen LogP contribution in [0, 0.1) is 0 Å². The predicted molar refractivity (Wildman–Crippen MR) is 240 cm³/mol. The van der Waals surface area contributed by atoms with Gasteiger partial charge in [0.05, 0.1) is 10.2 Å². The highest BCUT2D eigenvalue weighted by molar-refractivity contribution is 7.21. The van der Waals surface area contributed by atoms with Gasteiger partial charge in [-0.1, -0.05) is 140 Å². The van der Waals surface area contributed by atoms with Crippen LogP contribution in [0.15, 0.2) is 186 Å². The fraction of sp³-hybridized carbons (Fsp3) is 0. The molecule has 0 aliphatic heterocycles. The SMILES string of the molecule is c1ccc(-c2nc(-c3ccc4ccccc4c3)nc(-c3cc(-c4cccc5oc6cc7nc(-c8ccc9ccccc9c8)sc7cc6c45)c4ccccc4c3)n2)cc1. The maximum Gasteiger partial charge on any atom is 0.164 e. The van der Waals surface area contributed by atoms with Gasteiger partial charge in [0.25, 0.3) is 0 Å². The predicted octanol–water partition coefficient (Wildman–Crippen LogP) is 14.2. The smallest absolute Gasteiger partial charge is 0.164 e. The molecule has 12 rings (SSSR count). The molecule has 6 heteroatoms. The van der Waals surface area contributed by atoms with Gasteiger partial charge < -0.3 is 4.42 Å². The number of nitrogens with zero attached hydrogens (tertiary/aromatic N) is 4. The molecule has 3 aromatic heterocycles. The van der Waals surface area contributed by atoms with E-state index in [-0.39, 0.29) is 0 Å². The highest BCUT2D eigenvalue weighted by atomic mass is 32.1. The van der Waals surface area contributed by atoms with Gasteiger partial charge in [0.15, 0.2) is 17.5 Å². The van der Waals surface area contributed by atoms with E-state index >= 15 is 0 Å². The van der Waals surface area contributed by atoms with Crippen LogP contribution in [0.25, 0.3) is 120 Å². The first-order valence-electron chi connectivity index (χ1n) is 19.3. The Labute approximate surface area is 336 Å². The molecule has 0 amide bonds. The zero-order valence-corrected chi connectivity index (χ0v) is 31.7. The molecule has 270 valence electrons. The zero-order chi connectivity index (χ0) is 38.2. The van der Waals surface area contributed by atoms with Gasteiger partial charge in [0.1, 0.15) is 16.2 Å². The minimum absolute atomic E-state index is 0.612. The molecule has 0 fully saturated rings. The lowest BCUT2D eigenvalue weighted by Crippen LogP contribution is -2.00. The molecule has 58 heavy (non-hydrogen) atoms. The fourth-order valence-corrected chi connectivity index (χ4v) is 9.24. The Balaban J connectivity index is 1.05. The van der Waals surface area contributed by atoms with Crippen LogP contribution in [0.5, 0.6) is 0 Å². The summed E-state index contributed by atoms with van der Waals surface area (Å²) in [4.78, 5) is 20.4. The van der Waals surface area contributed by atoms with Crippen LogP contribution < -0.4 is 0 Å². The first-order valence-corrected chi connectivity index (χ1v) is 20.1. The maximum atomic E-state index is 6.61. The number of thiazole rings is 1. The van der Waals surface area contributed by atoms with Crippen LogP contribution in [-0.4, -0.2) is 19.9 Å². The van der Waals surface area contributed by atoms with Crippen molar-refractivity contribution in [2.45, 2.75) is 0 Å². The van der Waals surface area contributed by atoms with Gasteiger partial charge in [-0.2, -0.15) is 0 Å². The van der Waals surface area contributed by atoms with Crippen molar-refractivity contribution in [3.8, 4) is 55.9 Å². The Morgan fingerprint density at radius 3 is 1.76 bits per heavy atom. The van der Waals surface area contributed by atoms with E-state index in [1.165, 1.54) is 16.2 Å². The van der Waals surface area contributed by atoms with Gasteiger partial charge in [-0.15, -0.1) is 11.3 Å². The molecule has 9 aromatic carbocycles.